The summed E-state index contributed by atoms with van der Waals surface area (Å²) < 4.78 is 13.7. The number of carboxylic acids is 1. The third-order valence-corrected chi connectivity index (χ3v) is 4.00. The van der Waals surface area contributed by atoms with E-state index in [0.717, 1.165) is 0 Å². The highest BCUT2D eigenvalue weighted by atomic mass is 79.9. The molecule has 2 aromatic rings. The Morgan fingerprint density at radius 1 is 1.60 bits per heavy atom. The van der Waals surface area contributed by atoms with Gasteiger partial charge in [0.2, 0.25) is 0 Å². The molecule has 0 spiro atoms. The number of aliphatic carboxylic acids is 1. The maximum absolute atomic E-state index is 13.3. The zero-order chi connectivity index (χ0) is 14.9. The highest BCUT2D eigenvalue weighted by molar-refractivity contribution is 9.10. The van der Waals surface area contributed by atoms with Crippen LogP contribution in [0.15, 0.2) is 22.0 Å². The van der Waals surface area contributed by atoms with Crippen LogP contribution in [0.4, 0.5) is 15.2 Å². The summed E-state index contributed by atoms with van der Waals surface area (Å²) in [4.78, 5) is 14.9. The minimum absolute atomic E-state index is 0.281. The molecule has 1 aromatic carbocycles. The number of carboxylic acid groups (broad SMARTS) is 1. The van der Waals surface area contributed by atoms with Crippen molar-refractivity contribution in [3.63, 3.8) is 0 Å². The average molecular weight is 360 g/mol. The molecule has 0 amide bonds. The van der Waals surface area contributed by atoms with Gasteiger partial charge in [0.05, 0.1) is 10.2 Å². The molecule has 5 nitrogen and oxygen atoms in total. The van der Waals surface area contributed by atoms with E-state index in [9.17, 15) is 9.18 Å². The summed E-state index contributed by atoms with van der Waals surface area (Å²) in [5.41, 5.74) is 7.16. The Bertz CT molecular complexity index is 662. The lowest BCUT2D eigenvalue weighted by atomic mass is 10.2. The fourth-order valence-electron chi connectivity index (χ4n) is 1.51. The molecule has 1 atom stereocenters. The minimum atomic E-state index is -1.15. The van der Waals surface area contributed by atoms with Gasteiger partial charge in [-0.05, 0) is 40.5 Å². The number of hydrogen-bond donors (Lipinski definition) is 3. The number of aryl methyl sites for hydroxylation is 1. The third-order valence-electron chi connectivity index (χ3n) is 2.62. The van der Waals surface area contributed by atoms with Gasteiger partial charge in [0.25, 0.3) is 0 Å². The number of carbonyl (C=O) groups is 1. The van der Waals surface area contributed by atoms with Gasteiger partial charge in [-0.25, -0.2) is 9.37 Å². The third kappa shape index (κ3) is 3.14. The van der Waals surface area contributed by atoms with Crippen LogP contribution in [-0.2, 0) is 4.79 Å². The molecule has 1 aromatic heterocycles. The molecular formula is C12H11BrFN3O2S. The van der Waals surface area contributed by atoms with Crippen molar-refractivity contribution in [2.24, 2.45) is 5.73 Å². The lowest BCUT2D eigenvalue weighted by Gasteiger charge is -2.08. The first-order chi connectivity index (χ1) is 9.38. The van der Waals surface area contributed by atoms with Crippen molar-refractivity contribution in [3.8, 4) is 0 Å². The molecule has 0 saturated heterocycles. The van der Waals surface area contributed by atoms with Gasteiger partial charge < -0.3 is 16.2 Å². The summed E-state index contributed by atoms with van der Waals surface area (Å²) in [5, 5.41) is 13.9. The van der Waals surface area contributed by atoms with E-state index in [-0.39, 0.29) is 11.5 Å². The molecule has 20 heavy (non-hydrogen) atoms. The highest BCUT2D eigenvalue weighted by Gasteiger charge is 2.18. The second-order valence-corrected chi connectivity index (χ2v) is 5.81. The molecule has 1 heterocycles. The van der Waals surface area contributed by atoms with E-state index in [1.54, 1.807) is 18.4 Å². The quantitative estimate of drug-likeness (QED) is 0.780. The molecule has 2 rings (SSSR count). The number of thiazole rings is 1. The number of aromatic nitrogens is 1. The minimum Gasteiger partial charge on any atom is -0.480 e. The second-order valence-electron chi connectivity index (χ2n) is 4.10. The topological polar surface area (TPSA) is 88.2 Å². The van der Waals surface area contributed by atoms with Crippen LogP contribution in [0.2, 0.25) is 0 Å². The van der Waals surface area contributed by atoms with Crippen molar-refractivity contribution in [3.05, 3.63) is 39.1 Å². The first-order valence-electron chi connectivity index (χ1n) is 5.55. The Morgan fingerprint density at radius 2 is 2.30 bits per heavy atom. The van der Waals surface area contributed by atoms with Gasteiger partial charge in [0, 0.05) is 11.1 Å². The smallest absolute Gasteiger partial charge is 0.326 e. The summed E-state index contributed by atoms with van der Waals surface area (Å²) in [6, 6.07) is 1.84. The van der Waals surface area contributed by atoms with Crippen LogP contribution < -0.4 is 11.1 Å². The largest absolute Gasteiger partial charge is 0.480 e. The van der Waals surface area contributed by atoms with E-state index >= 15 is 0 Å². The van der Waals surface area contributed by atoms with Crippen LogP contribution in [0.5, 0.6) is 0 Å². The van der Waals surface area contributed by atoms with E-state index in [1.807, 2.05) is 0 Å². The van der Waals surface area contributed by atoms with Gasteiger partial charge in [-0.2, -0.15) is 0 Å². The van der Waals surface area contributed by atoms with Crippen LogP contribution in [-0.4, -0.2) is 16.1 Å². The van der Waals surface area contributed by atoms with E-state index in [1.165, 1.54) is 17.4 Å². The number of nitrogens with two attached hydrogens (primary N) is 1. The molecule has 0 radical (unpaired) electrons. The van der Waals surface area contributed by atoms with Gasteiger partial charge in [-0.1, -0.05) is 0 Å². The Kier molecular flexibility index (Phi) is 4.36. The van der Waals surface area contributed by atoms with Crippen molar-refractivity contribution < 1.29 is 14.3 Å². The van der Waals surface area contributed by atoms with Gasteiger partial charge in [0.1, 0.15) is 11.9 Å². The molecule has 4 N–H and O–H groups in total. The number of anilines is 2. The standard InChI is InChI=1S/C12H11BrFN3O2S/c1-5-2-7(14)6(13)3-8(5)16-12-17-9(4-20-12)10(15)11(18)19/h2-4,10H,15H2,1H3,(H,16,17)(H,18,19). The fraction of sp³-hybridized carbons (Fsp3) is 0.167. The number of halogens is 2. The van der Waals surface area contributed by atoms with E-state index in [0.29, 0.717) is 20.9 Å². The number of hydrogen-bond acceptors (Lipinski definition) is 5. The molecule has 1 unspecified atom stereocenters. The SMILES string of the molecule is Cc1cc(F)c(Br)cc1Nc1nc(C(N)C(=O)O)cs1. The maximum Gasteiger partial charge on any atom is 0.326 e. The number of benzene rings is 1. The maximum atomic E-state index is 13.3. The zero-order valence-corrected chi connectivity index (χ0v) is 12.8. The molecule has 0 aliphatic heterocycles. The number of rotatable bonds is 4. The molecule has 0 aliphatic carbocycles. The predicted molar refractivity (Wildman–Crippen MR) is 78.8 cm³/mol. The first kappa shape index (κ1) is 14.9. The lowest BCUT2D eigenvalue weighted by molar-refractivity contribution is -0.138. The monoisotopic (exact) mass is 359 g/mol. The van der Waals surface area contributed by atoms with Crippen molar-refractivity contribution in [2.45, 2.75) is 13.0 Å². The van der Waals surface area contributed by atoms with Crippen molar-refractivity contribution in [1.29, 1.82) is 0 Å². The van der Waals surface area contributed by atoms with Crippen LogP contribution in [0, 0.1) is 12.7 Å². The zero-order valence-electron chi connectivity index (χ0n) is 10.4. The Balaban J connectivity index is 2.23. The molecule has 8 heteroatoms. The van der Waals surface area contributed by atoms with E-state index < -0.39 is 12.0 Å². The van der Waals surface area contributed by atoms with Gasteiger partial charge in [0.15, 0.2) is 5.13 Å². The number of nitrogens with one attached hydrogen (secondary N) is 1. The normalized spacial score (nSPS) is 12.2. The molecular weight excluding hydrogens is 349 g/mol. The first-order valence-corrected chi connectivity index (χ1v) is 7.22. The summed E-state index contributed by atoms with van der Waals surface area (Å²) >= 11 is 4.35. The van der Waals surface area contributed by atoms with Crippen LogP contribution in [0.25, 0.3) is 0 Å². The molecule has 0 saturated carbocycles. The predicted octanol–water partition coefficient (Wildman–Crippen LogP) is 3.18. The molecule has 0 fully saturated rings. The van der Waals surface area contributed by atoms with Crippen LogP contribution in [0.3, 0.4) is 0 Å². The average Bonchev–Trinajstić information content (AvgIpc) is 2.83. The summed E-state index contributed by atoms with van der Waals surface area (Å²) in [5.74, 6) is -1.48. The van der Waals surface area contributed by atoms with Crippen LogP contribution >= 0.6 is 27.3 Å². The van der Waals surface area contributed by atoms with Crippen LogP contribution in [0.1, 0.15) is 17.3 Å². The Morgan fingerprint density at radius 3 is 2.95 bits per heavy atom. The highest BCUT2D eigenvalue weighted by Crippen LogP contribution is 2.29. The lowest BCUT2D eigenvalue weighted by Crippen LogP contribution is -2.20. The van der Waals surface area contributed by atoms with E-state index in [4.69, 9.17) is 10.8 Å². The van der Waals surface area contributed by atoms with Crippen molar-refractivity contribution in [2.75, 3.05) is 5.32 Å². The van der Waals surface area contributed by atoms with Gasteiger partial charge in [-0.15, -0.1) is 11.3 Å². The number of nitrogens with zero attached hydrogens (tertiary/aromatic N) is 1. The molecule has 0 bridgehead atoms. The summed E-state index contributed by atoms with van der Waals surface area (Å²) in [6.45, 7) is 1.76. The molecule has 106 valence electrons. The van der Waals surface area contributed by atoms with Crippen molar-refractivity contribution >= 4 is 44.1 Å². The van der Waals surface area contributed by atoms with E-state index in [2.05, 4.69) is 26.2 Å². The molecule has 0 aliphatic rings. The summed E-state index contributed by atoms with van der Waals surface area (Å²) in [7, 11) is 0. The van der Waals surface area contributed by atoms with Gasteiger partial charge >= 0.3 is 5.97 Å². The second kappa shape index (κ2) is 5.86. The Hall–Kier alpha value is -1.51. The van der Waals surface area contributed by atoms with Gasteiger partial charge in [-0.3, -0.25) is 4.79 Å². The fourth-order valence-corrected chi connectivity index (χ4v) is 2.61. The van der Waals surface area contributed by atoms with Crippen molar-refractivity contribution in [1.82, 2.24) is 4.98 Å². The Labute approximate surface area is 126 Å². The summed E-state index contributed by atoms with van der Waals surface area (Å²) in [6.07, 6.45) is 0.